The molecule has 0 spiro atoms. The van der Waals surface area contributed by atoms with Gasteiger partial charge in [0.15, 0.2) is 0 Å². The molecule has 0 atom stereocenters. The van der Waals surface area contributed by atoms with Gasteiger partial charge >= 0.3 is 5.97 Å². The molecule has 0 unspecified atom stereocenters. The summed E-state index contributed by atoms with van der Waals surface area (Å²) >= 11 is 0. The van der Waals surface area contributed by atoms with Gasteiger partial charge in [-0.25, -0.2) is 4.79 Å². The van der Waals surface area contributed by atoms with Crippen LogP contribution < -0.4 is 9.47 Å². The first-order valence-corrected chi connectivity index (χ1v) is 9.27. The first-order chi connectivity index (χ1) is 14.2. The van der Waals surface area contributed by atoms with Gasteiger partial charge in [0.25, 0.3) is 0 Å². The number of methoxy groups -OCH3 is 1. The van der Waals surface area contributed by atoms with Crippen molar-refractivity contribution in [3.05, 3.63) is 96.1 Å². The number of benzene rings is 4. The highest BCUT2D eigenvalue weighted by molar-refractivity contribution is 5.92. The van der Waals surface area contributed by atoms with E-state index in [1.807, 2.05) is 66.7 Å². The van der Waals surface area contributed by atoms with Crippen molar-refractivity contribution in [2.24, 2.45) is 0 Å². The van der Waals surface area contributed by atoms with Crippen LogP contribution in [-0.2, 0) is 6.61 Å². The van der Waals surface area contributed by atoms with Crippen LogP contribution >= 0.6 is 0 Å². The second-order valence-corrected chi connectivity index (χ2v) is 6.67. The van der Waals surface area contributed by atoms with E-state index in [1.54, 1.807) is 25.3 Å². The summed E-state index contributed by atoms with van der Waals surface area (Å²) in [6, 6.07) is 26.8. The Morgan fingerprint density at radius 3 is 2.45 bits per heavy atom. The number of carboxylic acid groups (broad SMARTS) is 1. The van der Waals surface area contributed by atoms with Gasteiger partial charge in [0.05, 0.1) is 7.11 Å². The molecule has 29 heavy (non-hydrogen) atoms. The Kier molecular flexibility index (Phi) is 5.16. The standard InChI is InChI=1S/C25H20O4/c1-28-21-10-5-8-18(14-21)19-12-13-23(25(26)27)24(15-19)29-16-20-9-4-7-17-6-2-3-11-22(17)20/h2-15H,16H2,1H3,(H,26,27). The van der Waals surface area contributed by atoms with E-state index < -0.39 is 5.97 Å². The molecule has 0 bridgehead atoms. The summed E-state index contributed by atoms with van der Waals surface area (Å²) in [5.74, 6) is 0.0592. The molecule has 4 aromatic rings. The van der Waals surface area contributed by atoms with Crippen molar-refractivity contribution in [1.29, 1.82) is 0 Å². The van der Waals surface area contributed by atoms with Crippen molar-refractivity contribution >= 4 is 16.7 Å². The summed E-state index contributed by atoms with van der Waals surface area (Å²) in [5.41, 5.74) is 2.93. The van der Waals surface area contributed by atoms with Crippen LogP contribution in [0.3, 0.4) is 0 Å². The van der Waals surface area contributed by atoms with E-state index in [9.17, 15) is 9.90 Å². The molecule has 0 heterocycles. The van der Waals surface area contributed by atoms with Crippen molar-refractivity contribution in [2.75, 3.05) is 7.11 Å². The van der Waals surface area contributed by atoms with Gasteiger partial charge < -0.3 is 14.6 Å². The van der Waals surface area contributed by atoms with Crippen LogP contribution in [0.25, 0.3) is 21.9 Å². The summed E-state index contributed by atoms with van der Waals surface area (Å²) in [6.07, 6.45) is 0. The molecule has 0 fully saturated rings. The summed E-state index contributed by atoms with van der Waals surface area (Å²) < 4.78 is 11.3. The van der Waals surface area contributed by atoms with Crippen molar-refractivity contribution in [3.8, 4) is 22.6 Å². The Bertz CT molecular complexity index is 1180. The van der Waals surface area contributed by atoms with E-state index in [0.29, 0.717) is 5.75 Å². The Morgan fingerprint density at radius 1 is 0.862 bits per heavy atom. The summed E-state index contributed by atoms with van der Waals surface area (Å²) in [5, 5.41) is 11.8. The number of ether oxygens (including phenoxy) is 2. The Labute approximate surface area is 169 Å². The van der Waals surface area contributed by atoms with Gasteiger partial charge in [0.2, 0.25) is 0 Å². The quantitative estimate of drug-likeness (QED) is 0.457. The number of hydrogen-bond donors (Lipinski definition) is 1. The first-order valence-electron chi connectivity index (χ1n) is 9.27. The van der Waals surface area contributed by atoms with Gasteiger partial charge in [0.1, 0.15) is 23.7 Å². The molecular weight excluding hydrogens is 364 g/mol. The van der Waals surface area contributed by atoms with Crippen LogP contribution in [-0.4, -0.2) is 18.2 Å². The number of rotatable bonds is 6. The topological polar surface area (TPSA) is 55.8 Å². The molecule has 4 heteroatoms. The Morgan fingerprint density at radius 2 is 1.62 bits per heavy atom. The molecule has 0 aliphatic carbocycles. The molecule has 0 saturated carbocycles. The van der Waals surface area contributed by atoms with Crippen molar-refractivity contribution in [2.45, 2.75) is 6.61 Å². The molecule has 0 aliphatic heterocycles. The second kappa shape index (κ2) is 8.07. The third-order valence-electron chi connectivity index (χ3n) is 4.88. The zero-order valence-corrected chi connectivity index (χ0v) is 16.0. The lowest BCUT2D eigenvalue weighted by atomic mass is 10.0. The first kappa shape index (κ1) is 18.6. The minimum absolute atomic E-state index is 0.136. The van der Waals surface area contributed by atoms with Gasteiger partial charge in [-0.3, -0.25) is 0 Å². The molecule has 0 amide bonds. The van der Waals surface area contributed by atoms with Crippen LogP contribution in [0.4, 0.5) is 0 Å². The van der Waals surface area contributed by atoms with E-state index >= 15 is 0 Å². The molecule has 0 aromatic heterocycles. The van der Waals surface area contributed by atoms with Crippen LogP contribution in [0, 0.1) is 0 Å². The fourth-order valence-electron chi connectivity index (χ4n) is 3.37. The minimum Gasteiger partial charge on any atom is -0.497 e. The maximum atomic E-state index is 11.7. The molecule has 4 nitrogen and oxygen atoms in total. The van der Waals surface area contributed by atoms with Crippen LogP contribution in [0.2, 0.25) is 0 Å². The highest BCUT2D eigenvalue weighted by Crippen LogP contribution is 2.30. The fourth-order valence-corrected chi connectivity index (χ4v) is 3.37. The maximum Gasteiger partial charge on any atom is 0.339 e. The molecule has 4 aromatic carbocycles. The molecule has 1 N–H and O–H groups in total. The lowest BCUT2D eigenvalue weighted by molar-refractivity contribution is 0.0692. The van der Waals surface area contributed by atoms with Crippen molar-refractivity contribution < 1.29 is 19.4 Å². The number of aromatic carboxylic acids is 1. The smallest absolute Gasteiger partial charge is 0.339 e. The van der Waals surface area contributed by atoms with Crippen molar-refractivity contribution in [1.82, 2.24) is 0 Å². The summed E-state index contributed by atoms with van der Waals surface area (Å²) in [7, 11) is 1.62. The number of hydrogen-bond acceptors (Lipinski definition) is 3. The fraction of sp³-hybridized carbons (Fsp3) is 0.0800. The average molecular weight is 384 g/mol. The maximum absolute atomic E-state index is 11.7. The molecular formula is C25H20O4. The number of carboxylic acids is 1. The van der Waals surface area contributed by atoms with Gasteiger partial charge in [-0.1, -0.05) is 60.7 Å². The Hall–Kier alpha value is -3.79. The Balaban J connectivity index is 1.68. The van der Waals surface area contributed by atoms with E-state index in [1.165, 1.54) is 0 Å². The monoisotopic (exact) mass is 384 g/mol. The highest BCUT2D eigenvalue weighted by atomic mass is 16.5. The molecule has 144 valence electrons. The molecule has 4 rings (SSSR count). The minimum atomic E-state index is -1.02. The number of fused-ring (bicyclic) bond motifs is 1. The summed E-state index contributed by atoms with van der Waals surface area (Å²) in [6.45, 7) is 0.281. The van der Waals surface area contributed by atoms with E-state index in [4.69, 9.17) is 9.47 Å². The predicted molar refractivity (Wildman–Crippen MR) is 114 cm³/mol. The van der Waals surface area contributed by atoms with Gasteiger partial charge in [-0.15, -0.1) is 0 Å². The molecule has 0 radical (unpaired) electrons. The van der Waals surface area contributed by atoms with Crippen molar-refractivity contribution in [3.63, 3.8) is 0 Å². The van der Waals surface area contributed by atoms with Crippen LogP contribution in [0.1, 0.15) is 15.9 Å². The van der Waals surface area contributed by atoms with Gasteiger partial charge in [0, 0.05) is 0 Å². The highest BCUT2D eigenvalue weighted by Gasteiger charge is 2.14. The van der Waals surface area contributed by atoms with E-state index in [2.05, 4.69) is 0 Å². The normalized spacial score (nSPS) is 10.7. The third kappa shape index (κ3) is 3.92. The largest absolute Gasteiger partial charge is 0.497 e. The predicted octanol–water partition coefficient (Wildman–Crippen LogP) is 5.79. The number of carbonyl (C=O) groups is 1. The zero-order chi connectivity index (χ0) is 20.2. The van der Waals surface area contributed by atoms with Crippen LogP contribution in [0.5, 0.6) is 11.5 Å². The van der Waals surface area contributed by atoms with E-state index in [0.717, 1.165) is 33.2 Å². The zero-order valence-electron chi connectivity index (χ0n) is 16.0. The van der Waals surface area contributed by atoms with Crippen LogP contribution in [0.15, 0.2) is 84.9 Å². The SMILES string of the molecule is COc1cccc(-c2ccc(C(=O)O)c(OCc3cccc4ccccc34)c2)c1. The molecule has 0 aliphatic rings. The lowest BCUT2D eigenvalue weighted by Gasteiger charge is -2.13. The van der Waals surface area contributed by atoms with Gasteiger partial charge in [-0.05, 0) is 51.7 Å². The summed E-state index contributed by atoms with van der Waals surface area (Å²) in [4.78, 5) is 11.7. The molecule has 0 saturated heterocycles. The van der Waals surface area contributed by atoms with E-state index in [-0.39, 0.29) is 12.2 Å². The third-order valence-corrected chi connectivity index (χ3v) is 4.88. The van der Waals surface area contributed by atoms with Gasteiger partial charge in [-0.2, -0.15) is 0 Å². The lowest BCUT2D eigenvalue weighted by Crippen LogP contribution is -2.04. The average Bonchev–Trinajstić information content (AvgIpc) is 2.77. The second-order valence-electron chi connectivity index (χ2n) is 6.67.